The fraction of sp³-hybridized carbons (Fsp3) is 1.00. The lowest BCUT2D eigenvalue weighted by Gasteiger charge is -2.44. The Morgan fingerprint density at radius 2 is 2.00 bits per heavy atom. The van der Waals surface area contributed by atoms with E-state index < -0.39 is 0 Å². The van der Waals surface area contributed by atoms with Crippen LogP contribution < -0.4 is 5.73 Å². The fourth-order valence-corrected chi connectivity index (χ4v) is 4.02. The minimum absolute atomic E-state index is 0.492. The van der Waals surface area contributed by atoms with Crippen molar-refractivity contribution in [1.82, 2.24) is 4.90 Å². The standard InChI is InChI=1S/C16H32N2O/c1-3-6-15-11-14(9-10-19-15)18(2)16-8-5-4-7-13(16)12-17/h13-16H,3-12,17H2,1-2H3. The number of rotatable bonds is 5. The maximum Gasteiger partial charge on any atom is 0.0590 e. The average molecular weight is 268 g/mol. The van der Waals surface area contributed by atoms with Gasteiger partial charge in [0.25, 0.3) is 0 Å². The second-order valence-electron chi connectivity index (χ2n) is 6.47. The summed E-state index contributed by atoms with van der Waals surface area (Å²) in [5, 5.41) is 0. The van der Waals surface area contributed by atoms with E-state index in [1.165, 1.54) is 51.4 Å². The molecule has 0 aromatic carbocycles. The largest absolute Gasteiger partial charge is 0.378 e. The summed E-state index contributed by atoms with van der Waals surface area (Å²) in [4.78, 5) is 2.65. The maximum absolute atomic E-state index is 5.98. The second kappa shape index (κ2) is 7.61. The molecule has 0 aromatic heterocycles. The molecule has 2 aliphatic rings. The molecule has 3 heteroatoms. The Labute approximate surface area is 118 Å². The number of nitrogens with zero attached hydrogens (tertiary/aromatic N) is 1. The van der Waals surface area contributed by atoms with Crippen molar-refractivity contribution in [3.05, 3.63) is 0 Å². The molecule has 0 aromatic rings. The van der Waals surface area contributed by atoms with Crippen LogP contribution >= 0.6 is 0 Å². The molecular formula is C16H32N2O. The van der Waals surface area contributed by atoms with Crippen molar-refractivity contribution in [2.24, 2.45) is 11.7 Å². The van der Waals surface area contributed by atoms with Gasteiger partial charge in [-0.25, -0.2) is 0 Å². The van der Waals surface area contributed by atoms with Crippen molar-refractivity contribution >= 4 is 0 Å². The summed E-state index contributed by atoms with van der Waals surface area (Å²) in [7, 11) is 2.33. The first-order valence-corrected chi connectivity index (χ1v) is 8.29. The summed E-state index contributed by atoms with van der Waals surface area (Å²) >= 11 is 0. The molecule has 0 amide bonds. The lowest BCUT2D eigenvalue weighted by Crippen LogP contribution is -2.50. The second-order valence-corrected chi connectivity index (χ2v) is 6.47. The number of ether oxygens (including phenoxy) is 1. The van der Waals surface area contributed by atoms with Gasteiger partial charge in [0.15, 0.2) is 0 Å². The van der Waals surface area contributed by atoms with Crippen LogP contribution in [0.2, 0.25) is 0 Å². The third-order valence-electron chi connectivity index (χ3n) is 5.22. The highest BCUT2D eigenvalue weighted by Gasteiger charge is 2.33. The molecule has 4 atom stereocenters. The van der Waals surface area contributed by atoms with Crippen molar-refractivity contribution in [2.75, 3.05) is 20.2 Å². The molecule has 1 saturated carbocycles. The van der Waals surface area contributed by atoms with Gasteiger partial charge in [-0.2, -0.15) is 0 Å². The van der Waals surface area contributed by atoms with Gasteiger partial charge in [-0.05, 0) is 51.6 Å². The smallest absolute Gasteiger partial charge is 0.0590 e. The summed E-state index contributed by atoms with van der Waals surface area (Å²) in [5.41, 5.74) is 5.98. The molecule has 112 valence electrons. The van der Waals surface area contributed by atoms with Crippen LogP contribution in [-0.4, -0.2) is 43.3 Å². The number of nitrogens with two attached hydrogens (primary N) is 1. The SMILES string of the molecule is CCCC1CC(N(C)C2CCCCC2CN)CCO1. The third kappa shape index (κ3) is 3.93. The van der Waals surface area contributed by atoms with Crippen LogP contribution in [-0.2, 0) is 4.74 Å². The molecule has 1 heterocycles. The lowest BCUT2D eigenvalue weighted by atomic mass is 9.82. The van der Waals surface area contributed by atoms with Crippen molar-refractivity contribution < 1.29 is 4.74 Å². The van der Waals surface area contributed by atoms with E-state index in [4.69, 9.17) is 10.5 Å². The highest BCUT2D eigenvalue weighted by atomic mass is 16.5. The van der Waals surface area contributed by atoms with Crippen molar-refractivity contribution in [3.63, 3.8) is 0 Å². The first-order valence-electron chi connectivity index (χ1n) is 8.29. The monoisotopic (exact) mass is 268 g/mol. The van der Waals surface area contributed by atoms with Crippen molar-refractivity contribution in [2.45, 2.75) is 76.5 Å². The minimum Gasteiger partial charge on any atom is -0.378 e. The molecule has 2 rings (SSSR count). The highest BCUT2D eigenvalue weighted by Crippen LogP contribution is 2.31. The Bertz CT molecular complexity index is 257. The van der Waals surface area contributed by atoms with E-state index in [-0.39, 0.29) is 0 Å². The molecule has 1 aliphatic carbocycles. The Hall–Kier alpha value is -0.120. The van der Waals surface area contributed by atoms with Gasteiger partial charge in [-0.15, -0.1) is 0 Å². The Morgan fingerprint density at radius 3 is 2.74 bits per heavy atom. The first-order chi connectivity index (χ1) is 9.26. The first kappa shape index (κ1) is 15.3. The zero-order valence-corrected chi connectivity index (χ0v) is 12.8. The van der Waals surface area contributed by atoms with E-state index in [1.807, 2.05) is 0 Å². The van der Waals surface area contributed by atoms with Gasteiger partial charge in [-0.3, -0.25) is 4.90 Å². The molecule has 4 unspecified atom stereocenters. The molecule has 3 nitrogen and oxygen atoms in total. The van der Waals surface area contributed by atoms with Crippen molar-refractivity contribution in [1.29, 1.82) is 0 Å². The molecule has 2 N–H and O–H groups in total. The molecule has 0 radical (unpaired) electrons. The lowest BCUT2D eigenvalue weighted by molar-refractivity contribution is -0.0424. The van der Waals surface area contributed by atoms with Gasteiger partial charge < -0.3 is 10.5 Å². The van der Waals surface area contributed by atoms with Gasteiger partial charge in [0.05, 0.1) is 6.10 Å². The van der Waals surface area contributed by atoms with Crippen LogP contribution in [0.4, 0.5) is 0 Å². The van der Waals surface area contributed by atoms with Crippen LogP contribution in [0.15, 0.2) is 0 Å². The summed E-state index contributed by atoms with van der Waals surface area (Å²) in [6.45, 7) is 4.05. The quantitative estimate of drug-likeness (QED) is 0.833. The third-order valence-corrected chi connectivity index (χ3v) is 5.22. The van der Waals surface area contributed by atoms with E-state index >= 15 is 0 Å². The van der Waals surface area contributed by atoms with E-state index in [1.54, 1.807) is 0 Å². The van der Waals surface area contributed by atoms with E-state index in [2.05, 4.69) is 18.9 Å². The van der Waals surface area contributed by atoms with Crippen LogP contribution in [0.25, 0.3) is 0 Å². The topological polar surface area (TPSA) is 38.5 Å². The molecular weight excluding hydrogens is 236 g/mol. The molecule has 19 heavy (non-hydrogen) atoms. The molecule has 1 aliphatic heterocycles. The Morgan fingerprint density at radius 1 is 1.21 bits per heavy atom. The molecule has 2 fully saturated rings. The summed E-state index contributed by atoms with van der Waals surface area (Å²) in [6.07, 6.45) is 10.8. The molecule has 1 saturated heterocycles. The van der Waals surface area contributed by atoms with Crippen molar-refractivity contribution in [3.8, 4) is 0 Å². The highest BCUT2D eigenvalue weighted by molar-refractivity contribution is 4.88. The Balaban J connectivity index is 1.91. The summed E-state index contributed by atoms with van der Waals surface area (Å²) in [5.74, 6) is 0.714. The average Bonchev–Trinajstić information content (AvgIpc) is 2.47. The van der Waals surface area contributed by atoms with Gasteiger partial charge in [0.2, 0.25) is 0 Å². The van der Waals surface area contributed by atoms with Crippen LogP contribution in [0.5, 0.6) is 0 Å². The van der Waals surface area contributed by atoms with E-state index in [0.29, 0.717) is 24.1 Å². The fourth-order valence-electron chi connectivity index (χ4n) is 4.02. The zero-order chi connectivity index (χ0) is 13.7. The van der Waals surface area contributed by atoms with E-state index in [0.717, 1.165) is 13.2 Å². The number of hydrogen-bond acceptors (Lipinski definition) is 3. The zero-order valence-electron chi connectivity index (χ0n) is 12.8. The normalized spacial score (nSPS) is 36.6. The maximum atomic E-state index is 5.98. The van der Waals surface area contributed by atoms with Crippen LogP contribution in [0.1, 0.15) is 58.3 Å². The predicted octanol–water partition coefficient (Wildman–Crippen LogP) is 2.78. The van der Waals surface area contributed by atoms with E-state index in [9.17, 15) is 0 Å². The van der Waals surface area contributed by atoms with Gasteiger partial charge >= 0.3 is 0 Å². The van der Waals surface area contributed by atoms with Crippen LogP contribution in [0, 0.1) is 5.92 Å². The summed E-state index contributed by atoms with van der Waals surface area (Å²) in [6, 6.07) is 1.42. The van der Waals surface area contributed by atoms with Gasteiger partial charge in [0, 0.05) is 18.7 Å². The minimum atomic E-state index is 0.492. The van der Waals surface area contributed by atoms with Gasteiger partial charge in [0.1, 0.15) is 0 Å². The molecule has 0 bridgehead atoms. The predicted molar refractivity (Wildman–Crippen MR) is 80.2 cm³/mol. The Kier molecular flexibility index (Phi) is 6.11. The van der Waals surface area contributed by atoms with Crippen LogP contribution in [0.3, 0.4) is 0 Å². The van der Waals surface area contributed by atoms with Gasteiger partial charge in [-0.1, -0.05) is 26.2 Å². The number of hydrogen-bond donors (Lipinski definition) is 1. The summed E-state index contributed by atoms with van der Waals surface area (Å²) < 4.78 is 5.89. The molecule has 0 spiro atoms.